The summed E-state index contributed by atoms with van der Waals surface area (Å²) >= 11 is 0. The molecule has 0 unspecified atom stereocenters. The van der Waals surface area contributed by atoms with Gasteiger partial charge in [-0.25, -0.2) is 0 Å². The largest absolute Gasteiger partial charge is 0.355 e. The first-order valence-corrected chi connectivity index (χ1v) is 9.78. The zero-order chi connectivity index (χ0) is 17.9. The van der Waals surface area contributed by atoms with Crippen molar-refractivity contribution in [1.82, 2.24) is 15.1 Å². The van der Waals surface area contributed by atoms with Crippen LogP contribution in [0, 0.1) is 13.8 Å². The van der Waals surface area contributed by atoms with E-state index < -0.39 is 0 Å². The molecule has 1 N–H and O–H groups in total. The van der Waals surface area contributed by atoms with Gasteiger partial charge < -0.3 is 15.1 Å². The van der Waals surface area contributed by atoms with E-state index in [0.717, 1.165) is 32.4 Å². The highest BCUT2D eigenvalue weighted by molar-refractivity contribution is 5.91. The quantitative estimate of drug-likeness (QED) is 0.773. The molecule has 1 amide bonds. The van der Waals surface area contributed by atoms with Crippen molar-refractivity contribution in [2.24, 2.45) is 0 Å². The van der Waals surface area contributed by atoms with Gasteiger partial charge in [-0.2, -0.15) is 0 Å². The van der Waals surface area contributed by atoms with Gasteiger partial charge in [0.2, 0.25) is 5.91 Å². The third kappa shape index (κ3) is 4.62. The molecule has 0 atom stereocenters. The highest BCUT2D eigenvalue weighted by Gasteiger charge is 2.51. The molecule has 0 spiro atoms. The van der Waals surface area contributed by atoms with Gasteiger partial charge in [-0.3, -0.25) is 4.79 Å². The molecule has 1 aliphatic heterocycles. The van der Waals surface area contributed by atoms with Crippen molar-refractivity contribution in [2.45, 2.75) is 44.9 Å². The van der Waals surface area contributed by atoms with Gasteiger partial charge in [-0.1, -0.05) is 29.3 Å². The lowest BCUT2D eigenvalue weighted by Gasteiger charge is -2.32. The molecule has 25 heavy (non-hydrogen) atoms. The fourth-order valence-electron chi connectivity index (χ4n) is 3.93. The van der Waals surface area contributed by atoms with Crippen LogP contribution in [0.4, 0.5) is 0 Å². The first-order valence-electron chi connectivity index (χ1n) is 9.78. The van der Waals surface area contributed by atoms with E-state index in [4.69, 9.17) is 0 Å². The predicted octanol–water partition coefficient (Wildman–Crippen LogP) is 2.48. The second-order valence-corrected chi connectivity index (χ2v) is 8.07. The van der Waals surface area contributed by atoms with Crippen molar-refractivity contribution >= 4 is 5.91 Å². The van der Waals surface area contributed by atoms with Crippen molar-refractivity contribution in [3.8, 4) is 0 Å². The average Bonchev–Trinajstić information content (AvgIpc) is 3.37. The maximum absolute atomic E-state index is 12.7. The molecule has 1 saturated heterocycles. The summed E-state index contributed by atoms with van der Waals surface area (Å²) < 4.78 is 0. The number of aryl methyl sites for hydroxylation is 2. The average molecular weight is 344 g/mol. The van der Waals surface area contributed by atoms with Crippen LogP contribution in [0.15, 0.2) is 18.2 Å². The molecule has 1 saturated carbocycles. The van der Waals surface area contributed by atoms with Crippen LogP contribution >= 0.6 is 0 Å². The standard InChI is InChI=1S/C21H33N3O/c1-17-14-18(2)16-19(15-17)21(6-7-21)20(25)22-8-4-5-9-24-12-10-23(3)11-13-24/h14-16H,4-13H2,1-3H3,(H,22,25). The van der Waals surface area contributed by atoms with Crippen molar-refractivity contribution < 1.29 is 4.79 Å². The third-order valence-electron chi connectivity index (χ3n) is 5.74. The summed E-state index contributed by atoms with van der Waals surface area (Å²) in [5, 5.41) is 3.20. The predicted molar refractivity (Wildman–Crippen MR) is 103 cm³/mol. The summed E-state index contributed by atoms with van der Waals surface area (Å²) in [6, 6.07) is 6.55. The maximum Gasteiger partial charge on any atom is 0.230 e. The number of hydrogen-bond acceptors (Lipinski definition) is 3. The normalized spacial score (nSPS) is 20.4. The van der Waals surface area contributed by atoms with Crippen LogP contribution in [-0.2, 0) is 10.2 Å². The van der Waals surface area contributed by atoms with Crippen LogP contribution < -0.4 is 5.32 Å². The Bertz CT molecular complexity index is 581. The van der Waals surface area contributed by atoms with E-state index in [1.165, 1.54) is 49.3 Å². The summed E-state index contributed by atoms with van der Waals surface area (Å²) in [6.07, 6.45) is 4.22. The molecular weight excluding hydrogens is 310 g/mol. The molecular formula is C21H33N3O. The number of rotatable bonds is 7. The third-order valence-corrected chi connectivity index (χ3v) is 5.74. The molecule has 0 aromatic heterocycles. The Kier molecular flexibility index (Phi) is 5.80. The number of unbranched alkanes of at least 4 members (excludes halogenated alkanes) is 1. The van der Waals surface area contributed by atoms with Gasteiger partial charge >= 0.3 is 0 Å². The number of nitrogens with one attached hydrogen (secondary N) is 1. The molecule has 1 aliphatic carbocycles. The molecule has 0 radical (unpaired) electrons. The fourth-order valence-corrected chi connectivity index (χ4v) is 3.93. The monoisotopic (exact) mass is 343 g/mol. The van der Waals surface area contributed by atoms with E-state index in [1.807, 2.05) is 0 Å². The van der Waals surface area contributed by atoms with Crippen LogP contribution in [0.5, 0.6) is 0 Å². The molecule has 2 aliphatic rings. The molecule has 1 aromatic rings. The molecule has 1 heterocycles. The minimum absolute atomic E-state index is 0.233. The van der Waals surface area contributed by atoms with Gasteiger partial charge in [-0.15, -0.1) is 0 Å². The van der Waals surface area contributed by atoms with Crippen molar-refractivity contribution in [1.29, 1.82) is 0 Å². The van der Waals surface area contributed by atoms with Gasteiger partial charge in [0.15, 0.2) is 0 Å². The number of hydrogen-bond donors (Lipinski definition) is 1. The molecule has 2 fully saturated rings. The van der Waals surface area contributed by atoms with Crippen LogP contribution in [0.25, 0.3) is 0 Å². The number of amides is 1. The molecule has 138 valence electrons. The van der Waals surface area contributed by atoms with Crippen LogP contribution in [-0.4, -0.2) is 62.0 Å². The van der Waals surface area contributed by atoms with Crippen molar-refractivity contribution in [2.75, 3.05) is 46.3 Å². The van der Waals surface area contributed by atoms with Gasteiger partial charge in [0, 0.05) is 32.7 Å². The first kappa shape index (κ1) is 18.4. The molecule has 1 aromatic carbocycles. The van der Waals surface area contributed by atoms with E-state index in [1.54, 1.807) is 0 Å². The Balaban J connectivity index is 1.40. The highest BCUT2D eigenvalue weighted by atomic mass is 16.2. The van der Waals surface area contributed by atoms with Crippen molar-refractivity contribution in [3.63, 3.8) is 0 Å². The van der Waals surface area contributed by atoms with E-state index in [-0.39, 0.29) is 11.3 Å². The zero-order valence-electron chi connectivity index (χ0n) is 16.1. The summed E-state index contributed by atoms with van der Waals surface area (Å²) in [5.74, 6) is 0.233. The molecule has 0 bridgehead atoms. The van der Waals surface area contributed by atoms with Crippen molar-refractivity contribution in [3.05, 3.63) is 34.9 Å². The second kappa shape index (κ2) is 7.88. The van der Waals surface area contributed by atoms with E-state index in [2.05, 4.69) is 54.2 Å². The number of benzene rings is 1. The van der Waals surface area contributed by atoms with Gasteiger partial charge in [0.25, 0.3) is 0 Å². The number of carbonyl (C=O) groups is 1. The van der Waals surface area contributed by atoms with E-state index in [0.29, 0.717) is 0 Å². The zero-order valence-corrected chi connectivity index (χ0v) is 16.1. The number of nitrogens with zero attached hydrogens (tertiary/aromatic N) is 2. The number of carbonyl (C=O) groups excluding carboxylic acids is 1. The van der Waals surface area contributed by atoms with Gasteiger partial charge in [0.1, 0.15) is 0 Å². The molecule has 3 rings (SSSR count). The summed E-state index contributed by atoms with van der Waals surface area (Å²) in [6.45, 7) is 10.9. The Morgan fingerprint density at radius 1 is 1.04 bits per heavy atom. The lowest BCUT2D eigenvalue weighted by molar-refractivity contribution is -0.123. The smallest absolute Gasteiger partial charge is 0.230 e. The Hall–Kier alpha value is -1.39. The minimum Gasteiger partial charge on any atom is -0.355 e. The topological polar surface area (TPSA) is 35.6 Å². The Labute approximate surface area is 152 Å². The highest BCUT2D eigenvalue weighted by Crippen LogP contribution is 2.48. The van der Waals surface area contributed by atoms with Crippen LogP contribution in [0.3, 0.4) is 0 Å². The maximum atomic E-state index is 12.7. The first-order chi connectivity index (χ1) is 12.0. The minimum atomic E-state index is -0.242. The van der Waals surface area contributed by atoms with Crippen LogP contribution in [0.1, 0.15) is 42.4 Å². The van der Waals surface area contributed by atoms with Gasteiger partial charge in [0.05, 0.1) is 5.41 Å². The van der Waals surface area contributed by atoms with E-state index >= 15 is 0 Å². The van der Waals surface area contributed by atoms with Gasteiger partial charge in [-0.05, 0) is 58.7 Å². The SMILES string of the molecule is Cc1cc(C)cc(C2(C(=O)NCCCCN3CCN(C)CC3)CC2)c1. The molecule has 4 nitrogen and oxygen atoms in total. The van der Waals surface area contributed by atoms with E-state index in [9.17, 15) is 4.79 Å². The lowest BCUT2D eigenvalue weighted by Crippen LogP contribution is -2.44. The number of piperazine rings is 1. The summed E-state index contributed by atoms with van der Waals surface area (Å²) in [7, 11) is 2.19. The fraction of sp³-hybridized carbons (Fsp3) is 0.667. The number of likely N-dealkylation sites (N-methyl/N-ethyl adjacent to an activating group) is 1. The molecule has 4 heteroatoms. The summed E-state index contributed by atoms with van der Waals surface area (Å²) in [5.41, 5.74) is 3.47. The van der Waals surface area contributed by atoms with Crippen LogP contribution in [0.2, 0.25) is 0 Å². The Morgan fingerprint density at radius 3 is 2.28 bits per heavy atom. The lowest BCUT2D eigenvalue weighted by atomic mass is 9.92. The Morgan fingerprint density at radius 2 is 1.68 bits per heavy atom. The summed E-state index contributed by atoms with van der Waals surface area (Å²) in [4.78, 5) is 17.7. The second-order valence-electron chi connectivity index (χ2n) is 8.07.